The molecular formula is C21H34ClN3O. The Morgan fingerprint density at radius 2 is 1.85 bits per heavy atom. The van der Waals surface area contributed by atoms with Crippen LogP contribution >= 0.6 is 12.4 Å². The first-order chi connectivity index (χ1) is 12.1. The summed E-state index contributed by atoms with van der Waals surface area (Å²) in [5.74, 6) is 1.18. The van der Waals surface area contributed by atoms with Gasteiger partial charge < -0.3 is 10.6 Å². The first kappa shape index (κ1) is 21.2. The largest absolute Gasteiger partial charge is 0.336 e. The van der Waals surface area contributed by atoms with Crippen LogP contribution in [0, 0.1) is 5.92 Å². The molecule has 26 heavy (non-hydrogen) atoms. The standard InChI is InChI=1S/C21H33N3O.ClH/c1-16(2)24(19-10-6-7-11-19)21(25)15-23-13-18(12-22)20(14-23)17-8-4-3-5-9-17;/h3-5,8-9,16,18-20H,6-7,10-15,22H2,1-2H3;1H/t18-,20+;/m1./s1. The summed E-state index contributed by atoms with van der Waals surface area (Å²) in [6.07, 6.45) is 4.86. The molecule has 1 aliphatic heterocycles. The number of nitrogens with zero attached hydrogens (tertiary/aromatic N) is 2. The predicted octanol–water partition coefficient (Wildman–Crippen LogP) is 3.26. The fraction of sp³-hybridized carbons (Fsp3) is 0.667. The molecule has 1 heterocycles. The molecule has 4 nitrogen and oxygen atoms in total. The average molecular weight is 380 g/mol. The second kappa shape index (κ2) is 9.72. The molecule has 1 amide bonds. The lowest BCUT2D eigenvalue weighted by Crippen LogP contribution is -2.48. The summed E-state index contributed by atoms with van der Waals surface area (Å²) < 4.78 is 0. The highest BCUT2D eigenvalue weighted by molar-refractivity contribution is 5.85. The molecule has 1 aromatic carbocycles. The van der Waals surface area contributed by atoms with Crippen molar-refractivity contribution in [1.29, 1.82) is 0 Å². The van der Waals surface area contributed by atoms with E-state index in [0.29, 0.717) is 36.9 Å². The van der Waals surface area contributed by atoms with Gasteiger partial charge in [0.1, 0.15) is 0 Å². The van der Waals surface area contributed by atoms with Crippen LogP contribution in [-0.4, -0.2) is 54.0 Å². The first-order valence-electron chi connectivity index (χ1n) is 9.88. The Morgan fingerprint density at radius 3 is 2.42 bits per heavy atom. The average Bonchev–Trinajstić information content (AvgIpc) is 3.25. The van der Waals surface area contributed by atoms with Gasteiger partial charge in [0.25, 0.3) is 0 Å². The number of likely N-dealkylation sites (tertiary alicyclic amines) is 1. The van der Waals surface area contributed by atoms with Crippen LogP contribution in [0.4, 0.5) is 0 Å². The van der Waals surface area contributed by atoms with Crippen LogP contribution in [0.3, 0.4) is 0 Å². The molecule has 146 valence electrons. The van der Waals surface area contributed by atoms with Crippen LogP contribution in [0.15, 0.2) is 30.3 Å². The van der Waals surface area contributed by atoms with E-state index in [0.717, 1.165) is 13.1 Å². The van der Waals surface area contributed by atoms with Gasteiger partial charge in [-0.25, -0.2) is 0 Å². The van der Waals surface area contributed by atoms with Crippen LogP contribution in [0.25, 0.3) is 0 Å². The van der Waals surface area contributed by atoms with Crippen LogP contribution in [-0.2, 0) is 4.79 Å². The van der Waals surface area contributed by atoms with Crippen molar-refractivity contribution < 1.29 is 4.79 Å². The molecule has 0 unspecified atom stereocenters. The third-order valence-corrected chi connectivity index (χ3v) is 5.97. The molecule has 0 radical (unpaired) electrons. The van der Waals surface area contributed by atoms with Crippen molar-refractivity contribution in [2.24, 2.45) is 11.7 Å². The van der Waals surface area contributed by atoms with Crippen LogP contribution in [0.5, 0.6) is 0 Å². The Hall–Kier alpha value is -1.10. The second-order valence-electron chi connectivity index (χ2n) is 8.04. The van der Waals surface area contributed by atoms with Gasteiger partial charge >= 0.3 is 0 Å². The molecular weight excluding hydrogens is 346 g/mol. The number of hydrogen-bond acceptors (Lipinski definition) is 3. The highest BCUT2D eigenvalue weighted by Gasteiger charge is 2.36. The minimum absolute atomic E-state index is 0. The molecule has 3 rings (SSSR count). The minimum atomic E-state index is 0. The number of benzene rings is 1. The van der Waals surface area contributed by atoms with Crippen LogP contribution in [0.1, 0.15) is 51.0 Å². The molecule has 2 N–H and O–H groups in total. The lowest BCUT2D eigenvalue weighted by atomic mass is 9.89. The van der Waals surface area contributed by atoms with Crippen molar-refractivity contribution >= 4 is 18.3 Å². The highest BCUT2D eigenvalue weighted by Crippen LogP contribution is 2.32. The van der Waals surface area contributed by atoms with E-state index in [-0.39, 0.29) is 18.4 Å². The molecule has 0 bridgehead atoms. The number of carbonyl (C=O) groups is 1. The van der Waals surface area contributed by atoms with Crippen LogP contribution < -0.4 is 5.73 Å². The quantitative estimate of drug-likeness (QED) is 0.825. The van der Waals surface area contributed by atoms with Gasteiger partial charge in [0.05, 0.1) is 6.54 Å². The van der Waals surface area contributed by atoms with Gasteiger partial charge in [0, 0.05) is 31.1 Å². The Morgan fingerprint density at radius 1 is 1.19 bits per heavy atom. The maximum atomic E-state index is 13.0. The molecule has 2 atom stereocenters. The Bertz CT molecular complexity index is 560. The molecule has 1 saturated heterocycles. The summed E-state index contributed by atoms with van der Waals surface area (Å²) >= 11 is 0. The molecule has 2 fully saturated rings. The molecule has 5 heteroatoms. The minimum Gasteiger partial charge on any atom is -0.336 e. The van der Waals surface area contributed by atoms with Crippen molar-refractivity contribution in [3.05, 3.63) is 35.9 Å². The van der Waals surface area contributed by atoms with E-state index in [1.165, 1.54) is 31.2 Å². The third-order valence-electron chi connectivity index (χ3n) is 5.97. The van der Waals surface area contributed by atoms with Crippen molar-refractivity contribution in [3.8, 4) is 0 Å². The Kier molecular flexibility index (Phi) is 7.93. The van der Waals surface area contributed by atoms with Crippen LogP contribution in [0.2, 0.25) is 0 Å². The number of amides is 1. The highest BCUT2D eigenvalue weighted by atomic mass is 35.5. The molecule has 0 aromatic heterocycles. The second-order valence-corrected chi connectivity index (χ2v) is 8.04. The molecule has 1 aliphatic carbocycles. The van der Waals surface area contributed by atoms with E-state index in [4.69, 9.17) is 5.73 Å². The zero-order valence-electron chi connectivity index (χ0n) is 16.1. The third kappa shape index (κ3) is 4.79. The van der Waals surface area contributed by atoms with Gasteiger partial charge in [-0.2, -0.15) is 0 Å². The van der Waals surface area contributed by atoms with E-state index < -0.39 is 0 Å². The number of hydrogen-bond donors (Lipinski definition) is 1. The maximum Gasteiger partial charge on any atom is 0.237 e. The normalized spacial score (nSPS) is 24.0. The summed E-state index contributed by atoms with van der Waals surface area (Å²) in [6.45, 7) is 7.38. The number of nitrogens with two attached hydrogens (primary N) is 1. The van der Waals surface area contributed by atoms with E-state index in [9.17, 15) is 4.79 Å². The summed E-state index contributed by atoms with van der Waals surface area (Å²) in [6, 6.07) is 11.4. The zero-order valence-corrected chi connectivity index (χ0v) is 17.0. The van der Waals surface area contributed by atoms with Gasteiger partial charge in [-0.05, 0) is 44.7 Å². The van der Waals surface area contributed by atoms with Gasteiger partial charge in [-0.15, -0.1) is 12.4 Å². The van der Waals surface area contributed by atoms with E-state index in [2.05, 4.69) is 54.0 Å². The SMILES string of the molecule is CC(C)N(C(=O)CN1C[C@@H](CN)[C@H](c2ccccc2)C1)C1CCCC1.Cl. The monoisotopic (exact) mass is 379 g/mol. The summed E-state index contributed by atoms with van der Waals surface area (Å²) in [4.78, 5) is 17.5. The van der Waals surface area contributed by atoms with Crippen molar-refractivity contribution in [1.82, 2.24) is 9.80 Å². The van der Waals surface area contributed by atoms with E-state index in [1.54, 1.807) is 0 Å². The fourth-order valence-corrected chi connectivity index (χ4v) is 4.77. The summed E-state index contributed by atoms with van der Waals surface area (Å²) in [5.41, 5.74) is 7.39. The van der Waals surface area contributed by atoms with E-state index in [1.807, 2.05) is 0 Å². The predicted molar refractivity (Wildman–Crippen MR) is 110 cm³/mol. The van der Waals surface area contributed by atoms with Crippen molar-refractivity contribution in [3.63, 3.8) is 0 Å². The van der Waals surface area contributed by atoms with Gasteiger partial charge in [0.15, 0.2) is 0 Å². The summed E-state index contributed by atoms with van der Waals surface area (Å²) in [7, 11) is 0. The molecule has 2 aliphatic rings. The molecule has 0 spiro atoms. The summed E-state index contributed by atoms with van der Waals surface area (Å²) in [5, 5.41) is 0. The van der Waals surface area contributed by atoms with Gasteiger partial charge in [0.2, 0.25) is 5.91 Å². The van der Waals surface area contributed by atoms with Crippen molar-refractivity contribution in [2.45, 2.75) is 57.5 Å². The van der Waals surface area contributed by atoms with E-state index >= 15 is 0 Å². The number of carbonyl (C=O) groups excluding carboxylic acids is 1. The molecule has 1 saturated carbocycles. The lowest BCUT2D eigenvalue weighted by Gasteiger charge is -2.34. The first-order valence-corrected chi connectivity index (χ1v) is 9.88. The number of halogens is 1. The zero-order chi connectivity index (χ0) is 17.8. The number of rotatable bonds is 6. The van der Waals surface area contributed by atoms with Gasteiger partial charge in [-0.1, -0.05) is 43.2 Å². The Labute approximate surface area is 164 Å². The lowest BCUT2D eigenvalue weighted by molar-refractivity contribution is -0.136. The van der Waals surface area contributed by atoms with Crippen molar-refractivity contribution in [2.75, 3.05) is 26.2 Å². The van der Waals surface area contributed by atoms with Gasteiger partial charge in [-0.3, -0.25) is 9.69 Å². The topological polar surface area (TPSA) is 49.6 Å². The molecule has 1 aromatic rings. The fourth-order valence-electron chi connectivity index (χ4n) is 4.77. The smallest absolute Gasteiger partial charge is 0.237 e. The Balaban J connectivity index is 0.00000243. The maximum absolute atomic E-state index is 13.0.